The summed E-state index contributed by atoms with van der Waals surface area (Å²) in [4.78, 5) is 32.5. The molecule has 0 saturated carbocycles. The number of hydrogen-bond acceptors (Lipinski definition) is 6. The number of ether oxygens (including phenoxy) is 2. The monoisotopic (exact) mass is 579 g/mol. The van der Waals surface area contributed by atoms with E-state index >= 15 is 8.78 Å². The molecule has 8 nitrogen and oxygen atoms in total. The van der Waals surface area contributed by atoms with Gasteiger partial charge in [-0.3, -0.25) is 14.5 Å². The van der Waals surface area contributed by atoms with Gasteiger partial charge in [0.15, 0.2) is 0 Å². The molecule has 2 aromatic carbocycles. The number of carbonyl (C=O) groups is 2. The topological polar surface area (TPSA) is 97.8 Å². The van der Waals surface area contributed by atoms with Gasteiger partial charge in [0.05, 0.1) is 7.11 Å². The molecule has 0 spiro atoms. The molecular weight excluding hydrogens is 553 g/mol. The van der Waals surface area contributed by atoms with E-state index in [4.69, 9.17) is 4.74 Å². The lowest BCUT2D eigenvalue weighted by molar-refractivity contribution is -0.118. The van der Waals surface area contributed by atoms with Crippen molar-refractivity contribution in [3.8, 4) is 11.5 Å². The molecular formula is C27H26F4N3O5P. The van der Waals surface area contributed by atoms with Crippen molar-refractivity contribution in [3.63, 3.8) is 0 Å². The molecule has 1 N–H and O–H groups in total. The fourth-order valence-electron chi connectivity index (χ4n) is 4.68. The van der Waals surface area contributed by atoms with Gasteiger partial charge < -0.3 is 19.4 Å². The van der Waals surface area contributed by atoms with Crippen molar-refractivity contribution in [2.24, 2.45) is 0 Å². The first-order valence-corrected chi connectivity index (χ1v) is 14.7. The van der Waals surface area contributed by atoms with E-state index in [9.17, 15) is 22.9 Å². The molecule has 1 unspecified atom stereocenters. The highest BCUT2D eigenvalue weighted by Crippen LogP contribution is 2.41. The summed E-state index contributed by atoms with van der Waals surface area (Å²) in [6.45, 7) is 1.53. The predicted octanol–water partition coefficient (Wildman–Crippen LogP) is 4.54. The minimum atomic E-state index is -3.06. The van der Waals surface area contributed by atoms with Crippen molar-refractivity contribution in [2.75, 3.05) is 25.3 Å². The van der Waals surface area contributed by atoms with E-state index in [0.717, 1.165) is 24.3 Å². The first-order valence-electron chi connectivity index (χ1n) is 12.1. The normalized spacial score (nSPS) is 19.2. The summed E-state index contributed by atoms with van der Waals surface area (Å²) in [7, 11) is -1.58. The van der Waals surface area contributed by atoms with Crippen LogP contribution in [0.4, 0.5) is 23.4 Å². The van der Waals surface area contributed by atoms with Crippen molar-refractivity contribution in [3.05, 3.63) is 77.4 Å². The average Bonchev–Trinajstić information content (AvgIpc) is 3.12. The molecule has 1 fully saturated rings. The van der Waals surface area contributed by atoms with E-state index in [1.165, 1.54) is 43.5 Å². The second-order valence-corrected chi connectivity index (χ2v) is 12.7. The van der Waals surface area contributed by atoms with Crippen molar-refractivity contribution < 1.29 is 41.2 Å². The number of amides is 2. The molecule has 212 valence electrons. The summed E-state index contributed by atoms with van der Waals surface area (Å²) >= 11 is 0. The largest absolute Gasteiger partial charge is 0.497 e. The van der Waals surface area contributed by atoms with E-state index in [1.807, 2.05) is 0 Å². The fraction of sp³-hybridized carbons (Fsp3) is 0.296. The van der Waals surface area contributed by atoms with Crippen LogP contribution < -0.4 is 25.1 Å². The number of aromatic nitrogens is 1. The van der Waals surface area contributed by atoms with Gasteiger partial charge in [-0.25, -0.2) is 13.8 Å². The van der Waals surface area contributed by atoms with Crippen LogP contribution in [0, 0.1) is 11.6 Å². The molecule has 3 aromatic rings. The summed E-state index contributed by atoms with van der Waals surface area (Å²) < 4.78 is 77.4. The van der Waals surface area contributed by atoms with E-state index in [0.29, 0.717) is 0 Å². The van der Waals surface area contributed by atoms with Crippen LogP contribution in [0.3, 0.4) is 0 Å². The Hall–Kier alpha value is -3.92. The van der Waals surface area contributed by atoms with E-state index in [1.54, 1.807) is 19.1 Å². The number of hydrogen-bond donors (Lipinski definition) is 1. The first-order chi connectivity index (χ1) is 18.8. The zero-order valence-corrected chi connectivity index (χ0v) is 22.8. The van der Waals surface area contributed by atoms with Gasteiger partial charge in [-0.1, -0.05) is 6.07 Å². The van der Waals surface area contributed by atoms with Crippen LogP contribution in [-0.2, 0) is 9.36 Å². The lowest BCUT2D eigenvalue weighted by Gasteiger charge is -2.25. The number of pyridine rings is 1. The molecule has 2 amide bonds. The van der Waals surface area contributed by atoms with Gasteiger partial charge in [-0.05, 0) is 56.7 Å². The fourth-order valence-corrected chi connectivity index (χ4v) is 5.47. The lowest BCUT2D eigenvalue weighted by atomic mass is 9.87. The molecule has 0 bridgehead atoms. The number of halogens is 4. The number of anilines is 1. The second kappa shape index (κ2) is 11.3. The zero-order valence-electron chi connectivity index (χ0n) is 21.9. The molecule has 1 aliphatic rings. The standard InChI is InChI=1S/C27H26F4N3O5P/c1-14-22(23-18(28)12-17(38-2)13-19(23)29)24(33-25(35)15-8-10-16(11-9-15)39-27(30)31)26(36)34(14)20-6-5-7-21(32-20)40(3,4)37/h5-14,22,24,27H,1-4H3,(H,33,35)/t14-,22-,24?/m0/s1. The van der Waals surface area contributed by atoms with Gasteiger partial charge >= 0.3 is 6.61 Å². The Labute approximate surface area is 227 Å². The van der Waals surface area contributed by atoms with Crippen LogP contribution in [0.25, 0.3) is 0 Å². The summed E-state index contributed by atoms with van der Waals surface area (Å²) in [6.07, 6.45) is 0. The van der Waals surface area contributed by atoms with Crippen LogP contribution >= 0.6 is 7.14 Å². The molecule has 1 aliphatic heterocycles. The van der Waals surface area contributed by atoms with Crippen molar-refractivity contribution >= 4 is 30.2 Å². The van der Waals surface area contributed by atoms with Crippen LogP contribution in [0.5, 0.6) is 11.5 Å². The smallest absolute Gasteiger partial charge is 0.387 e. The van der Waals surface area contributed by atoms with Gasteiger partial charge in [0.2, 0.25) is 0 Å². The molecule has 1 aromatic heterocycles. The van der Waals surface area contributed by atoms with Gasteiger partial charge in [0, 0.05) is 35.2 Å². The Morgan fingerprint density at radius 1 is 1.05 bits per heavy atom. The van der Waals surface area contributed by atoms with Crippen molar-refractivity contribution in [2.45, 2.75) is 31.5 Å². The van der Waals surface area contributed by atoms with Crippen molar-refractivity contribution in [1.82, 2.24) is 10.3 Å². The molecule has 1 saturated heterocycles. The molecule has 3 atom stereocenters. The highest BCUT2D eigenvalue weighted by atomic mass is 31.2. The van der Waals surface area contributed by atoms with Crippen LogP contribution in [0.15, 0.2) is 54.6 Å². The van der Waals surface area contributed by atoms with Gasteiger partial charge in [-0.15, -0.1) is 0 Å². The molecule has 2 heterocycles. The Balaban J connectivity index is 1.76. The van der Waals surface area contributed by atoms with Crippen molar-refractivity contribution in [1.29, 1.82) is 0 Å². The summed E-state index contributed by atoms with van der Waals surface area (Å²) in [6, 6.07) is 8.93. The van der Waals surface area contributed by atoms with Crippen LogP contribution in [0.2, 0.25) is 0 Å². The number of methoxy groups -OCH3 is 1. The molecule has 13 heteroatoms. The number of benzene rings is 2. The van der Waals surface area contributed by atoms with E-state index in [-0.39, 0.29) is 28.3 Å². The van der Waals surface area contributed by atoms with E-state index in [2.05, 4.69) is 15.0 Å². The Kier molecular flexibility index (Phi) is 8.20. The summed E-state index contributed by atoms with van der Waals surface area (Å²) in [5.41, 5.74) is -0.196. The summed E-state index contributed by atoms with van der Waals surface area (Å²) in [5.74, 6) is -4.83. The molecule has 0 aliphatic carbocycles. The average molecular weight is 579 g/mol. The molecule has 0 radical (unpaired) electrons. The highest BCUT2D eigenvalue weighted by molar-refractivity contribution is 7.69. The zero-order chi connectivity index (χ0) is 29.4. The minimum Gasteiger partial charge on any atom is -0.497 e. The summed E-state index contributed by atoms with van der Waals surface area (Å²) in [5, 5.41) is 2.55. The third-order valence-corrected chi connectivity index (χ3v) is 7.91. The Morgan fingerprint density at radius 2 is 1.68 bits per heavy atom. The van der Waals surface area contributed by atoms with E-state index < -0.39 is 60.8 Å². The molecule has 40 heavy (non-hydrogen) atoms. The van der Waals surface area contributed by atoms with Gasteiger partial charge in [0.25, 0.3) is 11.8 Å². The number of carbonyl (C=O) groups excluding carboxylic acids is 2. The maximum atomic E-state index is 15.3. The van der Waals surface area contributed by atoms with Gasteiger partial charge in [0.1, 0.15) is 47.6 Å². The third-order valence-electron chi connectivity index (χ3n) is 6.56. The number of nitrogens with one attached hydrogen (secondary N) is 1. The van der Waals surface area contributed by atoms with Crippen LogP contribution in [-0.4, -0.2) is 55.9 Å². The van der Waals surface area contributed by atoms with Crippen LogP contribution in [0.1, 0.15) is 28.8 Å². The Bertz CT molecular complexity index is 1460. The van der Waals surface area contributed by atoms with Gasteiger partial charge in [-0.2, -0.15) is 8.78 Å². The maximum absolute atomic E-state index is 15.3. The Morgan fingerprint density at radius 3 is 2.23 bits per heavy atom. The maximum Gasteiger partial charge on any atom is 0.387 e. The second-order valence-electron chi connectivity index (χ2n) is 9.54. The molecule has 4 rings (SSSR count). The number of rotatable bonds is 8. The number of alkyl halides is 2. The highest BCUT2D eigenvalue weighted by Gasteiger charge is 2.50. The first kappa shape index (κ1) is 29.1. The quantitative estimate of drug-likeness (QED) is 0.311. The third kappa shape index (κ3) is 5.82. The number of nitrogens with zero attached hydrogens (tertiary/aromatic N) is 2. The SMILES string of the molecule is COc1cc(F)c([C@H]2C(NC(=O)c3ccc(OC(F)F)cc3)C(=O)N(c3cccc(P(C)(C)=O)n3)[C@H]2C)c(F)c1. The lowest BCUT2D eigenvalue weighted by Crippen LogP contribution is -2.44. The predicted molar refractivity (Wildman–Crippen MR) is 140 cm³/mol. The minimum absolute atomic E-state index is 0.00651.